The molecular weight excluding hydrogens is 339 g/mol. The Morgan fingerprint density at radius 2 is 1.92 bits per heavy atom. The standard InChI is InChI=1S/C15H23FN2O5S/c1-11(2)10-14(15(19)17-20)18-24(21,22)13-6-4-12(5-7-13)23-9-3-8-16/h4-7,11,14,18,20H,3,8-10H2,1-2H3,(H,17,19). The molecule has 1 aromatic carbocycles. The number of nitrogens with one attached hydrogen (secondary N) is 2. The van der Waals surface area contributed by atoms with E-state index < -0.39 is 28.6 Å². The van der Waals surface area contributed by atoms with Gasteiger partial charge in [0, 0.05) is 6.42 Å². The van der Waals surface area contributed by atoms with E-state index in [1.807, 2.05) is 13.8 Å². The molecular formula is C15H23FN2O5S. The van der Waals surface area contributed by atoms with Crippen molar-refractivity contribution in [3.05, 3.63) is 24.3 Å². The zero-order valence-corrected chi connectivity index (χ0v) is 14.5. The molecule has 1 atom stereocenters. The lowest BCUT2D eigenvalue weighted by atomic mass is 10.0. The Kier molecular flexibility index (Phi) is 8.09. The Morgan fingerprint density at radius 3 is 2.42 bits per heavy atom. The highest BCUT2D eigenvalue weighted by Gasteiger charge is 2.26. The fraction of sp³-hybridized carbons (Fsp3) is 0.533. The van der Waals surface area contributed by atoms with Crippen LogP contribution in [0.1, 0.15) is 26.7 Å². The highest BCUT2D eigenvalue weighted by molar-refractivity contribution is 7.89. The van der Waals surface area contributed by atoms with Crippen molar-refractivity contribution >= 4 is 15.9 Å². The normalized spacial score (nSPS) is 12.9. The predicted octanol–water partition coefficient (Wildman–Crippen LogP) is 1.62. The first-order chi connectivity index (χ1) is 11.3. The van der Waals surface area contributed by atoms with Crippen LogP contribution in [0.4, 0.5) is 4.39 Å². The molecule has 0 heterocycles. The van der Waals surface area contributed by atoms with Gasteiger partial charge in [-0.25, -0.2) is 13.9 Å². The minimum absolute atomic E-state index is 0.0418. The first-order valence-electron chi connectivity index (χ1n) is 7.55. The molecule has 136 valence electrons. The van der Waals surface area contributed by atoms with E-state index in [1.54, 1.807) is 0 Å². The molecule has 1 amide bonds. The predicted molar refractivity (Wildman–Crippen MR) is 86.0 cm³/mol. The minimum atomic E-state index is -3.94. The summed E-state index contributed by atoms with van der Waals surface area (Å²) in [7, 11) is -3.94. The number of hydrogen-bond donors (Lipinski definition) is 3. The van der Waals surface area contributed by atoms with Gasteiger partial charge in [0.2, 0.25) is 10.0 Å². The summed E-state index contributed by atoms with van der Waals surface area (Å²) in [5.41, 5.74) is 1.47. The number of hydrogen-bond acceptors (Lipinski definition) is 5. The maximum Gasteiger partial charge on any atom is 0.261 e. The van der Waals surface area contributed by atoms with Crippen molar-refractivity contribution in [3.8, 4) is 5.75 Å². The Morgan fingerprint density at radius 1 is 1.29 bits per heavy atom. The molecule has 0 bridgehead atoms. The highest BCUT2D eigenvalue weighted by Crippen LogP contribution is 2.17. The van der Waals surface area contributed by atoms with E-state index in [1.165, 1.54) is 29.7 Å². The molecule has 9 heteroatoms. The number of hydroxylamine groups is 1. The smallest absolute Gasteiger partial charge is 0.261 e. The molecule has 0 saturated carbocycles. The first kappa shape index (κ1) is 20.3. The molecule has 7 nitrogen and oxygen atoms in total. The van der Waals surface area contributed by atoms with Crippen molar-refractivity contribution in [2.24, 2.45) is 5.92 Å². The second kappa shape index (κ2) is 9.55. The van der Waals surface area contributed by atoms with E-state index >= 15 is 0 Å². The van der Waals surface area contributed by atoms with E-state index in [9.17, 15) is 17.6 Å². The number of halogens is 1. The maximum atomic E-state index is 12.4. The van der Waals surface area contributed by atoms with Crippen LogP contribution in [0.2, 0.25) is 0 Å². The summed E-state index contributed by atoms with van der Waals surface area (Å²) >= 11 is 0. The lowest BCUT2D eigenvalue weighted by molar-refractivity contribution is -0.131. The van der Waals surface area contributed by atoms with Gasteiger partial charge in [-0.3, -0.25) is 14.4 Å². The van der Waals surface area contributed by atoms with Gasteiger partial charge in [-0.1, -0.05) is 13.8 Å². The van der Waals surface area contributed by atoms with Gasteiger partial charge in [0.15, 0.2) is 0 Å². The Bertz CT molecular complexity index is 619. The van der Waals surface area contributed by atoms with Crippen molar-refractivity contribution in [1.82, 2.24) is 10.2 Å². The number of ether oxygens (including phenoxy) is 1. The Balaban J connectivity index is 2.83. The van der Waals surface area contributed by atoms with E-state index in [4.69, 9.17) is 9.94 Å². The molecule has 0 aliphatic heterocycles. The number of carbonyl (C=O) groups is 1. The van der Waals surface area contributed by atoms with Crippen LogP contribution in [0.3, 0.4) is 0 Å². The molecule has 1 aromatic rings. The summed E-state index contributed by atoms with van der Waals surface area (Å²) in [6.07, 6.45) is 0.491. The Hall–Kier alpha value is -1.71. The van der Waals surface area contributed by atoms with Crippen LogP contribution >= 0.6 is 0 Å². The molecule has 24 heavy (non-hydrogen) atoms. The summed E-state index contributed by atoms with van der Waals surface area (Å²) in [4.78, 5) is 11.6. The average molecular weight is 362 g/mol. The van der Waals surface area contributed by atoms with Crippen LogP contribution in [-0.4, -0.2) is 38.9 Å². The molecule has 0 spiro atoms. The lowest BCUT2D eigenvalue weighted by Crippen LogP contribution is -2.46. The van der Waals surface area contributed by atoms with E-state index in [-0.39, 0.29) is 30.3 Å². The molecule has 1 rings (SSSR count). The van der Waals surface area contributed by atoms with E-state index in [0.717, 1.165) is 0 Å². The van der Waals surface area contributed by atoms with Gasteiger partial charge in [0.25, 0.3) is 5.91 Å². The largest absolute Gasteiger partial charge is 0.493 e. The van der Waals surface area contributed by atoms with Crippen LogP contribution < -0.4 is 14.9 Å². The van der Waals surface area contributed by atoms with Gasteiger partial charge < -0.3 is 4.74 Å². The van der Waals surface area contributed by atoms with Gasteiger partial charge in [-0.15, -0.1) is 0 Å². The monoisotopic (exact) mass is 362 g/mol. The fourth-order valence-electron chi connectivity index (χ4n) is 1.97. The van der Waals surface area contributed by atoms with Crippen molar-refractivity contribution < 1.29 is 27.5 Å². The Labute approximate surface area is 141 Å². The van der Waals surface area contributed by atoms with Gasteiger partial charge in [-0.2, -0.15) is 4.72 Å². The van der Waals surface area contributed by atoms with Gasteiger partial charge >= 0.3 is 0 Å². The van der Waals surface area contributed by atoms with Gasteiger partial charge in [0.05, 0.1) is 18.2 Å². The molecule has 0 radical (unpaired) electrons. The van der Waals surface area contributed by atoms with Crippen molar-refractivity contribution in [2.75, 3.05) is 13.3 Å². The third-order valence-electron chi connectivity index (χ3n) is 3.11. The second-order valence-corrected chi connectivity index (χ2v) is 7.36. The number of alkyl halides is 1. The van der Waals surface area contributed by atoms with E-state index in [0.29, 0.717) is 5.75 Å². The number of rotatable bonds is 10. The van der Waals surface area contributed by atoms with E-state index in [2.05, 4.69) is 4.72 Å². The third kappa shape index (κ3) is 6.42. The molecule has 0 aliphatic carbocycles. The number of amides is 1. The zero-order valence-electron chi connectivity index (χ0n) is 13.7. The number of benzene rings is 1. The molecule has 0 aliphatic rings. The SMILES string of the molecule is CC(C)CC(NS(=O)(=O)c1ccc(OCCCF)cc1)C(=O)NO. The highest BCUT2D eigenvalue weighted by atomic mass is 32.2. The third-order valence-corrected chi connectivity index (χ3v) is 4.60. The van der Waals surface area contributed by atoms with Crippen LogP contribution in [0.5, 0.6) is 5.75 Å². The first-order valence-corrected chi connectivity index (χ1v) is 9.03. The van der Waals surface area contributed by atoms with Crippen molar-refractivity contribution in [2.45, 2.75) is 37.6 Å². The summed E-state index contributed by atoms with van der Waals surface area (Å²) in [5.74, 6) is -0.353. The fourth-order valence-corrected chi connectivity index (χ4v) is 3.18. The maximum absolute atomic E-state index is 12.4. The number of sulfonamides is 1. The quantitative estimate of drug-likeness (QED) is 0.333. The summed E-state index contributed by atoms with van der Waals surface area (Å²) in [5, 5.41) is 8.75. The summed E-state index contributed by atoms with van der Waals surface area (Å²) in [6.45, 7) is 3.37. The van der Waals surface area contributed by atoms with Crippen LogP contribution in [0.25, 0.3) is 0 Å². The van der Waals surface area contributed by atoms with Gasteiger partial charge in [0.1, 0.15) is 11.8 Å². The minimum Gasteiger partial charge on any atom is -0.493 e. The van der Waals surface area contributed by atoms with Crippen LogP contribution in [0, 0.1) is 5.92 Å². The summed E-state index contributed by atoms with van der Waals surface area (Å²) < 4.78 is 44.2. The lowest BCUT2D eigenvalue weighted by Gasteiger charge is -2.18. The molecule has 0 aromatic heterocycles. The molecule has 0 fully saturated rings. The van der Waals surface area contributed by atoms with Gasteiger partial charge in [-0.05, 0) is 36.6 Å². The molecule has 3 N–H and O–H groups in total. The number of carbonyl (C=O) groups excluding carboxylic acids is 1. The topological polar surface area (TPSA) is 105 Å². The van der Waals surface area contributed by atoms with Crippen molar-refractivity contribution in [3.63, 3.8) is 0 Å². The second-order valence-electron chi connectivity index (χ2n) is 5.64. The zero-order chi connectivity index (χ0) is 18.2. The van der Waals surface area contributed by atoms with Crippen LogP contribution in [-0.2, 0) is 14.8 Å². The molecule has 1 unspecified atom stereocenters. The van der Waals surface area contributed by atoms with Crippen LogP contribution in [0.15, 0.2) is 29.2 Å². The average Bonchev–Trinajstić information content (AvgIpc) is 2.53. The summed E-state index contributed by atoms with van der Waals surface area (Å²) in [6, 6.07) is 4.49. The van der Waals surface area contributed by atoms with Crippen molar-refractivity contribution in [1.29, 1.82) is 0 Å². The molecule has 0 saturated heterocycles.